The van der Waals surface area contributed by atoms with Crippen molar-refractivity contribution in [1.29, 1.82) is 0 Å². The van der Waals surface area contributed by atoms with E-state index in [1.807, 2.05) is 12.1 Å². The fourth-order valence-corrected chi connectivity index (χ4v) is 4.81. The lowest BCUT2D eigenvalue weighted by Crippen LogP contribution is -2.46. The lowest BCUT2D eigenvalue weighted by molar-refractivity contribution is 0.0740. The van der Waals surface area contributed by atoms with Crippen LogP contribution >= 0.6 is 0 Å². The molecule has 4 rings (SSSR count). The van der Waals surface area contributed by atoms with E-state index in [9.17, 15) is 4.79 Å². The van der Waals surface area contributed by atoms with Crippen molar-refractivity contribution in [2.75, 3.05) is 57.8 Å². The van der Waals surface area contributed by atoms with Crippen LogP contribution in [-0.2, 0) is 0 Å². The van der Waals surface area contributed by atoms with Gasteiger partial charge in [-0.3, -0.25) is 9.69 Å². The topological polar surface area (TPSA) is 30.0 Å². The Morgan fingerprint density at radius 2 is 1.65 bits per heavy atom. The second-order valence-corrected chi connectivity index (χ2v) is 8.06. The summed E-state index contributed by atoms with van der Waals surface area (Å²) in [7, 11) is 2.23. The number of amides is 1. The fraction of sp³-hybridized carbons (Fsp3) is 0.667. The number of likely N-dealkylation sites (tertiary alicyclic amines) is 1. The van der Waals surface area contributed by atoms with Gasteiger partial charge in [0, 0.05) is 62.6 Å². The van der Waals surface area contributed by atoms with E-state index in [1.165, 1.54) is 18.5 Å². The average Bonchev–Trinajstić information content (AvgIpc) is 2.93. The molecule has 1 aromatic rings. The maximum atomic E-state index is 13.0. The van der Waals surface area contributed by atoms with Crippen molar-refractivity contribution in [3.63, 3.8) is 0 Å². The van der Waals surface area contributed by atoms with E-state index in [1.54, 1.807) is 0 Å². The summed E-state index contributed by atoms with van der Waals surface area (Å²) >= 11 is 0. The first-order valence-corrected chi connectivity index (χ1v) is 10.2. The van der Waals surface area contributed by atoms with Gasteiger partial charge in [0.2, 0.25) is 0 Å². The Kier molecular flexibility index (Phi) is 5.18. The molecule has 0 saturated carbocycles. The number of carbonyl (C=O) groups excluding carboxylic acids is 1. The highest BCUT2D eigenvalue weighted by molar-refractivity contribution is 5.94. The van der Waals surface area contributed by atoms with Crippen molar-refractivity contribution in [1.82, 2.24) is 14.7 Å². The molecule has 0 aromatic heterocycles. The third-order valence-corrected chi connectivity index (χ3v) is 6.73. The Morgan fingerprint density at radius 1 is 0.962 bits per heavy atom. The molecule has 0 radical (unpaired) electrons. The van der Waals surface area contributed by atoms with E-state index in [4.69, 9.17) is 0 Å². The van der Waals surface area contributed by atoms with E-state index in [0.29, 0.717) is 12.1 Å². The fourth-order valence-electron chi connectivity index (χ4n) is 4.81. The van der Waals surface area contributed by atoms with Gasteiger partial charge in [0.25, 0.3) is 5.91 Å². The van der Waals surface area contributed by atoms with Crippen LogP contribution in [0.1, 0.15) is 36.5 Å². The van der Waals surface area contributed by atoms with Crippen molar-refractivity contribution >= 4 is 11.6 Å². The normalized spacial score (nSPS) is 27.6. The van der Waals surface area contributed by atoms with Crippen LogP contribution in [0.5, 0.6) is 0 Å². The Hall–Kier alpha value is -1.59. The summed E-state index contributed by atoms with van der Waals surface area (Å²) in [6, 6.07) is 9.52. The van der Waals surface area contributed by atoms with Crippen molar-refractivity contribution in [3.8, 4) is 0 Å². The first-order chi connectivity index (χ1) is 12.7. The summed E-state index contributed by atoms with van der Waals surface area (Å²) in [5.41, 5.74) is 2.08. The molecule has 0 spiro atoms. The third-order valence-electron chi connectivity index (χ3n) is 6.73. The predicted octanol–water partition coefficient (Wildman–Crippen LogP) is 2.14. The van der Waals surface area contributed by atoms with E-state index in [2.05, 4.69) is 45.7 Å². The van der Waals surface area contributed by atoms with Gasteiger partial charge in [-0.15, -0.1) is 0 Å². The van der Waals surface area contributed by atoms with Crippen LogP contribution < -0.4 is 4.90 Å². The minimum atomic E-state index is 0.202. The number of anilines is 1. The van der Waals surface area contributed by atoms with Crippen molar-refractivity contribution in [2.45, 2.75) is 38.3 Å². The van der Waals surface area contributed by atoms with Gasteiger partial charge >= 0.3 is 0 Å². The summed E-state index contributed by atoms with van der Waals surface area (Å²) in [6.07, 6.45) is 3.63. The van der Waals surface area contributed by atoms with Crippen LogP contribution in [0.4, 0.5) is 5.69 Å². The quantitative estimate of drug-likeness (QED) is 0.830. The van der Waals surface area contributed by atoms with Crippen molar-refractivity contribution < 1.29 is 4.79 Å². The van der Waals surface area contributed by atoms with Gasteiger partial charge in [-0.2, -0.15) is 0 Å². The molecule has 2 bridgehead atoms. The smallest absolute Gasteiger partial charge is 0.253 e. The number of carbonyl (C=O) groups is 1. The molecular weight excluding hydrogens is 324 g/mol. The molecule has 3 aliphatic rings. The standard InChI is InChI=1S/C21H32N4O/c1-3-23-12-14-24(15-13-23)19-6-4-17(5-7-19)21(26)25-11-10-18-8-9-20(16-25)22(18)2/h4-7,18,20H,3,8-16H2,1-2H3. The number of rotatable bonds is 3. The largest absolute Gasteiger partial charge is 0.369 e. The highest BCUT2D eigenvalue weighted by atomic mass is 16.2. The zero-order valence-electron chi connectivity index (χ0n) is 16.2. The highest BCUT2D eigenvalue weighted by Gasteiger charge is 2.36. The predicted molar refractivity (Wildman–Crippen MR) is 106 cm³/mol. The molecule has 2 unspecified atom stereocenters. The maximum Gasteiger partial charge on any atom is 0.253 e. The van der Waals surface area contributed by atoms with Crippen molar-refractivity contribution in [3.05, 3.63) is 29.8 Å². The van der Waals surface area contributed by atoms with Gasteiger partial charge in [-0.1, -0.05) is 6.92 Å². The van der Waals surface area contributed by atoms with E-state index < -0.39 is 0 Å². The van der Waals surface area contributed by atoms with Gasteiger partial charge in [0.1, 0.15) is 0 Å². The lowest BCUT2D eigenvalue weighted by atomic mass is 10.1. The molecule has 3 aliphatic heterocycles. The number of likely N-dealkylation sites (N-methyl/N-ethyl adjacent to an activating group) is 2. The molecule has 142 valence electrons. The number of fused-ring (bicyclic) bond motifs is 2. The minimum absolute atomic E-state index is 0.202. The number of benzene rings is 1. The van der Waals surface area contributed by atoms with Crippen LogP contribution in [0.25, 0.3) is 0 Å². The van der Waals surface area contributed by atoms with E-state index in [-0.39, 0.29) is 5.91 Å². The average molecular weight is 357 g/mol. The number of hydrogen-bond donors (Lipinski definition) is 0. The molecule has 5 heteroatoms. The molecule has 0 aliphatic carbocycles. The van der Waals surface area contributed by atoms with Gasteiger partial charge < -0.3 is 14.7 Å². The zero-order chi connectivity index (χ0) is 18.1. The molecule has 26 heavy (non-hydrogen) atoms. The second kappa shape index (κ2) is 7.57. The summed E-state index contributed by atoms with van der Waals surface area (Å²) in [5, 5.41) is 0. The molecule has 3 saturated heterocycles. The van der Waals surface area contributed by atoms with Gasteiger partial charge in [-0.05, 0) is 57.1 Å². The Labute approximate surface area is 157 Å². The molecular formula is C21H32N4O. The highest BCUT2D eigenvalue weighted by Crippen LogP contribution is 2.29. The Morgan fingerprint density at radius 3 is 2.35 bits per heavy atom. The summed E-state index contributed by atoms with van der Waals surface area (Å²) in [5.74, 6) is 0.202. The van der Waals surface area contributed by atoms with Crippen LogP contribution in [0.2, 0.25) is 0 Å². The van der Waals surface area contributed by atoms with E-state index in [0.717, 1.165) is 57.8 Å². The Bertz CT molecular complexity index is 623. The summed E-state index contributed by atoms with van der Waals surface area (Å²) < 4.78 is 0. The van der Waals surface area contributed by atoms with Gasteiger partial charge in [-0.25, -0.2) is 0 Å². The first-order valence-electron chi connectivity index (χ1n) is 10.2. The zero-order valence-corrected chi connectivity index (χ0v) is 16.2. The monoisotopic (exact) mass is 356 g/mol. The molecule has 5 nitrogen and oxygen atoms in total. The lowest BCUT2D eigenvalue weighted by Gasteiger charge is -2.35. The van der Waals surface area contributed by atoms with Crippen LogP contribution in [0.15, 0.2) is 24.3 Å². The minimum Gasteiger partial charge on any atom is -0.369 e. The second-order valence-electron chi connectivity index (χ2n) is 8.06. The van der Waals surface area contributed by atoms with Crippen LogP contribution in [0, 0.1) is 0 Å². The number of piperazine rings is 1. The Balaban J connectivity index is 1.40. The number of hydrogen-bond acceptors (Lipinski definition) is 4. The molecule has 0 N–H and O–H groups in total. The molecule has 3 heterocycles. The summed E-state index contributed by atoms with van der Waals surface area (Å²) in [4.78, 5) is 22.5. The maximum absolute atomic E-state index is 13.0. The molecule has 2 atom stereocenters. The van der Waals surface area contributed by atoms with Gasteiger partial charge in [0.05, 0.1) is 0 Å². The molecule has 1 aromatic carbocycles. The first kappa shape index (κ1) is 17.8. The molecule has 3 fully saturated rings. The van der Waals surface area contributed by atoms with Gasteiger partial charge in [0.15, 0.2) is 0 Å². The molecule has 1 amide bonds. The summed E-state index contributed by atoms with van der Waals surface area (Å²) in [6.45, 7) is 9.53. The SMILES string of the molecule is CCN1CCN(c2ccc(C(=O)N3CCC4CCC(C3)N4C)cc2)CC1. The van der Waals surface area contributed by atoms with Crippen LogP contribution in [-0.4, -0.2) is 85.6 Å². The third kappa shape index (κ3) is 3.47. The van der Waals surface area contributed by atoms with E-state index >= 15 is 0 Å². The van der Waals surface area contributed by atoms with Crippen LogP contribution in [0.3, 0.4) is 0 Å². The number of nitrogens with zero attached hydrogens (tertiary/aromatic N) is 4. The van der Waals surface area contributed by atoms with Crippen molar-refractivity contribution in [2.24, 2.45) is 0 Å².